The van der Waals surface area contributed by atoms with Crippen LogP contribution in [0.3, 0.4) is 0 Å². The Balaban J connectivity index is 1.52. The van der Waals surface area contributed by atoms with Crippen molar-refractivity contribution < 1.29 is 14.3 Å². The Morgan fingerprint density at radius 3 is 2.65 bits per heavy atom. The lowest BCUT2D eigenvalue weighted by Crippen LogP contribution is -2.27. The van der Waals surface area contributed by atoms with Crippen LogP contribution in [0.15, 0.2) is 67.0 Å². The van der Waals surface area contributed by atoms with Gasteiger partial charge in [-0.3, -0.25) is 9.78 Å². The van der Waals surface area contributed by atoms with E-state index >= 15 is 0 Å². The average molecular weight is 411 g/mol. The summed E-state index contributed by atoms with van der Waals surface area (Å²) >= 11 is 0. The second kappa shape index (κ2) is 7.72. The first kappa shape index (κ1) is 19.1. The summed E-state index contributed by atoms with van der Waals surface area (Å²) in [6.07, 6.45) is 3.44. The molecule has 2 aromatic carbocycles. The molecule has 31 heavy (non-hydrogen) atoms. The topological polar surface area (TPSA) is 73.3 Å². The number of pyridine rings is 2. The maximum atomic E-state index is 13.4. The van der Waals surface area contributed by atoms with E-state index in [-0.39, 0.29) is 18.7 Å². The van der Waals surface area contributed by atoms with Crippen LogP contribution < -0.4 is 14.8 Å². The Kier molecular flexibility index (Phi) is 4.75. The molecule has 0 saturated heterocycles. The van der Waals surface area contributed by atoms with Crippen LogP contribution in [-0.4, -0.2) is 22.7 Å². The zero-order valence-corrected chi connectivity index (χ0v) is 17.3. The molecule has 0 saturated carbocycles. The van der Waals surface area contributed by atoms with Gasteiger partial charge in [-0.05, 0) is 61.9 Å². The third-order valence-corrected chi connectivity index (χ3v) is 5.43. The Morgan fingerprint density at radius 2 is 1.81 bits per heavy atom. The maximum Gasteiger partial charge on any atom is 0.252 e. The second-order valence-corrected chi connectivity index (χ2v) is 7.62. The zero-order valence-electron chi connectivity index (χ0n) is 17.3. The highest BCUT2D eigenvalue weighted by atomic mass is 16.7. The minimum absolute atomic E-state index is 0.154. The van der Waals surface area contributed by atoms with Gasteiger partial charge in [-0.25, -0.2) is 4.98 Å². The van der Waals surface area contributed by atoms with Gasteiger partial charge >= 0.3 is 0 Å². The molecule has 1 N–H and O–H groups in total. The van der Waals surface area contributed by atoms with Gasteiger partial charge in [0, 0.05) is 23.3 Å². The van der Waals surface area contributed by atoms with Crippen molar-refractivity contribution in [1.29, 1.82) is 0 Å². The largest absolute Gasteiger partial charge is 0.454 e. The number of hydrogen-bond acceptors (Lipinski definition) is 5. The molecule has 6 heteroatoms. The van der Waals surface area contributed by atoms with Gasteiger partial charge in [0.05, 0.1) is 22.8 Å². The molecule has 4 aromatic rings. The van der Waals surface area contributed by atoms with Gasteiger partial charge < -0.3 is 14.8 Å². The number of aryl methyl sites for hydroxylation is 1. The van der Waals surface area contributed by atoms with Crippen LogP contribution >= 0.6 is 0 Å². The number of rotatable bonds is 4. The first-order valence-electron chi connectivity index (χ1n) is 10.1. The molecule has 1 atom stereocenters. The van der Waals surface area contributed by atoms with Crippen molar-refractivity contribution in [3.63, 3.8) is 0 Å². The van der Waals surface area contributed by atoms with Gasteiger partial charge in [-0.15, -0.1) is 0 Å². The fraction of sp³-hybridized carbons (Fsp3) is 0.160. The number of benzene rings is 2. The van der Waals surface area contributed by atoms with E-state index in [1.54, 1.807) is 12.4 Å². The van der Waals surface area contributed by atoms with Gasteiger partial charge in [-0.2, -0.15) is 0 Å². The highest BCUT2D eigenvalue weighted by molar-refractivity contribution is 6.07. The third kappa shape index (κ3) is 3.68. The molecule has 1 aliphatic rings. The van der Waals surface area contributed by atoms with E-state index in [1.165, 1.54) is 0 Å². The molecule has 1 unspecified atom stereocenters. The summed E-state index contributed by atoms with van der Waals surface area (Å²) in [5.41, 5.74) is 5.04. The molecule has 1 amide bonds. The molecule has 5 rings (SSSR count). The van der Waals surface area contributed by atoms with Crippen LogP contribution in [0.4, 0.5) is 0 Å². The van der Waals surface area contributed by atoms with E-state index in [0.29, 0.717) is 11.3 Å². The Labute approximate surface area is 179 Å². The SMILES string of the molecule is Cc1ccc2nc(-c3ccncc3)cc(C(=O)NC(C)c3ccc4c(c3)OCO4)c2c1. The number of carbonyl (C=O) groups is 1. The molecule has 0 aliphatic carbocycles. The van der Waals surface area contributed by atoms with E-state index in [9.17, 15) is 4.79 Å². The van der Waals surface area contributed by atoms with Crippen LogP contribution in [0.2, 0.25) is 0 Å². The summed E-state index contributed by atoms with van der Waals surface area (Å²) in [5.74, 6) is 1.27. The number of hydrogen-bond donors (Lipinski definition) is 1. The Hall–Kier alpha value is -3.93. The van der Waals surface area contributed by atoms with E-state index in [1.807, 2.05) is 68.4 Å². The van der Waals surface area contributed by atoms with Crippen molar-refractivity contribution in [2.45, 2.75) is 19.9 Å². The Bertz CT molecular complexity index is 1290. The average Bonchev–Trinajstić information content (AvgIpc) is 3.27. The predicted molar refractivity (Wildman–Crippen MR) is 118 cm³/mol. The summed E-state index contributed by atoms with van der Waals surface area (Å²) < 4.78 is 10.8. The minimum Gasteiger partial charge on any atom is -0.454 e. The number of aromatic nitrogens is 2. The van der Waals surface area contributed by atoms with Crippen LogP contribution in [-0.2, 0) is 0 Å². The summed E-state index contributed by atoms with van der Waals surface area (Å²) in [4.78, 5) is 22.2. The number of nitrogens with one attached hydrogen (secondary N) is 1. The molecule has 6 nitrogen and oxygen atoms in total. The lowest BCUT2D eigenvalue weighted by Gasteiger charge is -2.17. The first-order valence-corrected chi connectivity index (χ1v) is 10.1. The van der Waals surface area contributed by atoms with Crippen molar-refractivity contribution in [1.82, 2.24) is 15.3 Å². The predicted octanol–water partition coefficient (Wildman–Crippen LogP) is 4.82. The van der Waals surface area contributed by atoms with Crippen molar-refractivity contribution in [3.05, 3.63) is 83.7 Å². The molecule has 3 heterocycles. The smallest absolute Gasteiger partial charge is 0.252 e. The maximum absolute atomic E-state index is 13.4. The van der Waals surface area contributed by atoms with Crippen molar-refractivity contribution in [3.8, 4) is 22.8 Å². The Morgan fingerprint density at radius 1 is 1.00 bits per heavy atom. The highest BCUT2D eigenvalue weighted by Gasteiger charge is 2.19. The van der Waals surface area contributed by atoms with Crippen molar-refractivity contribution in [2.24, 2.45) is 0 Å². The van der Waals surface area contributed by atoms with E-state index in [0.717, 1.165) is 39.0 Å². The number of carbonyl (C=O) groups excluding carboxylic acids is 1. The van der Waals surface area contributed by atoms with Gasteiger partial charge in [0.1, 0.15) is 0 Å². The quantitative estimate of drug-likeness (QED) is 0.521. The van der Waals surface area contributed by atoms with Crippen molar-refractivity contribution in [2.75, 3.05) is 6.79 Å². The van der Waals surface area contributed by atoms with E-state index in [2.05, 4.69) is 10.3 Å². The van der Waals surface area contributed by atoms with E-state index in [4.69, 9.17) is 14.5 Å². The highest BCUT2D eigenvalue weighted by Crippen LogP contribution is 2.34. The fourth-order valence-electron chi connectivity index (χ4n) is 3.74. The number of ether oxygens (including phenoxy) is 2. The van der Waals surface area contributed by atoms with Crippen LogP contribution in [0.1, 0.15) is 34.5 Å². The summed E-state index contributed by atoms with van der Waals surface area (Å²) in [6, 6.07) is 17.1. The summed E-state index contributed by atoms with van der Waals surface area (Å²) in [7, 11) is 0. The molecule has 0 radical (unpaired) electrons. The molecular formula is C25H21N3O3. The van der Waals surface area contributed by atoms with Crippen molar-refractivity contribution >= 4 is 16.8 Å². The standard InChI is InChI=1S/C25H21N3O3/c1-15-3-5-21-19(11-15)20(13-22(28-21)17-7-9-26-10-8-17)25(29)27-16(2)18-4-6-23-24(12-18)31-14-30-23/h3-13,16H,14H2,1-2H3,(H,27,29). The van der Waals surface area contributed by atoms with Crippen LogP contribution in [0, 0.1) is 6.92 Å². The van der Waals surface area contributed by atoms with E-state index < -0.39 is 0 Å². The van der Waals surface area contributed by atoms with Gasteiger partial charge in [0.2, 0.25) is 6.79 Å². The van der Waals surface area contributed by atoms with Gasteiger partial charge in [0.15, 0.2) is 11.5 Å². The number of amides is 1. The lowest BCUT2D eigenvalue weighted by atomic mass is 10.0. The van der Waals surface area contributed by atoms with Gasteiger partial charge in [-0.1, -0.05) is 17.7 Å². The fourth-order valence-corrected chi connectivity index (χ4v) is 3.74. The normalized spacial score (nSPS) is 13.2. The molecule has 1 aliphatic heterocycles. The van der Waals surface area contributed by atoms with Crippen LogP contribution in [0.5, 0.6) is 11.5 Å². The summed E-state index contributed by atoms with van der Waals surface area (Å²) in [6.45, 7) is 4.18. The van der Waals surface area contributed by atoms with Crippen LogP contribution in [0.25, 0.3) is 22.2 Å². The minimum atomic E-state index is -0.209. The third-order valence-electron chi connectivity index (χ3n) is 5.43. The molecule has 0 bridgehead atoms. The monoisotopic (exact) mass is 411 g/mol. The van der Waals surface area contributed by atoms with Gasteiger partial charge in [0.25, 0.3) is 5.91 Å². The summed E-state index contributed by atoms with van der Waals surface area (Å²) in [5, 5.41) is 3.95. The molecule has 0 fully saturated rings. The second-order valence-electron chi connectivity index (χ2n) is 7.62. The zero-order chi connectivity index (χ0) is 21.4. The first-order chi connectivity index (χ1) is 15.1. The molecular weight excluding hydrogens is 390 g/mol. The molecule has 0 spiro atoms. The molecule has 2 aromatic heterocycles. The molecule has 154 valence electrons. The lowest BCUT2D eigenvalue weighted by molar-refractivity contribution is 0.0941. The number of nitrogens with zero attached hydrogens (tertiary/aromatic N) is 2. The number of fused-ring (bicyclic) bond motifs is 2.